The average Bonchev–Trinajstić information content (AvgIpc) is 2.71. The third kappa shape index (κ3) is 6.98. The van der Waals surface area contributed by atoms with Gasteiger partial charge in [-0.15, -0.1) is 0 Å². The third-order valence-corrected chi connectivity index (χ3v) is 4.56. The lowest BCUT2D eigenvalue weighted by Crippen LogP contribution is -2.40. The summed E-state index contributed by atoms with van der Waals surface area (Å²) in [6.07, 6.45) is 0. The van der Waals surface area contributed by atoms with Crippen molar-refractivity contribution in [2.45, 2.75) is 26.4 Å². The van der Waals surface area contributed by atoms with Crippen LogP contribution in [0.1, 0.15) is 31.0 Å². The first kappa shape index (κ1) is 22.6. The number of amides is 2. The van der Waals surface area contributed by atoms with Crippen LogP contribution in [0.25, 0.3) is 0 Å². The summed E-state index contributed by atoms with van der Waals surface area (Å²) in [5.41, 5.74) is 1.99. The first-order valence-corrected chi connectivity index (χ1v) is 9.94. The van der Waals surface area contributed by atoms with E-state index in [1.165, 1.54) is 0 Å². The van der Waals surface area contributed by atoms with Crippen molar-refractivity contribution in [2.75, 3.05) is 34.4 Å². The second-order valence-electron chi connectivity index (χ2n) is 7.60. The molecule has 0 saturated carbocycles. The minimum Gasteiger partial charge on any atom is -0.496 e. The average molecular weight is 400 g/mol. The molecule has 6 heteroatoms. The monoisotopic (exact) mass is 399 g/mol. The Morgan fingerprint density at radius 1 is 1.00 bits per heavy atom. The molecule has 0 fully saturated rings. The Balaban J connectivity index is 1.94. The van der Waals surface area contributed by atoms with Crippen LogP contribution in [0.15, 0.2) is 48.5 Å². The highest BCUT2D eigenvalue weighted by Crippen LogP contribution is 2.27. The molecule has 158 valence electrons. The lowest BCUT2D eigenvalue weighted by molar-refractivity contribution is 0.231. The molecule has 2 amide bonds. The van der Waals surface area contributed by atoms with E-state index < -0.39 is 0 Å². The van der Waals surface area contributed by atoms with Gasteiger partial charge >= 0.3 is 6.03 Å². The van der Waals surface area contributed by atoms with E-state index in [0.29, 0.717) is 25.6 Å². The minimum absolute atomic E-state index is 0.00133. The molecular weight excluding hydrogens is 366 g/mol. The van der Waals surface area contributed by atoms with Gasteiger partial charge in [0.05, 0.1) is 19.8 Å². The summed E-state index contributed by atoms with van der Waals surface area (Å²) in [5, 5.41) is 5.89. The predicted octanol–water partition coefficient (Wildman–Crippen LogP) is 3.83. The number of nitrogens with zero attached hydrogens (tertiary/aromatic N) is 1. The Morgan fingerprint density at radius 3 is 2.31 bits per heavy atom. The van der Waals surface area contributed by atoms with Gasteiger partial charge in [-0.2, -0.15) is 0 Å². The summed E-state index contributed by atoms with van der Waals surface area (Å²) in [4.78, 5) is 14.5. The van der Waals surface area contributed by atoms with Crippen molar-refractivity contribution in [3.8, 4) is 11.5 Å². The van der Waals surface area contributed by atoms with Gasteiger partial charge in [0.2, 0.25) is 0 Å². The number of hydrogen-bond donors (Lipinski definition) is 2. The molecule has 2 aromatic rings. The normalized spacial score (nSPS) is 12.0. The van der Waals surface area contributed by atoms with E-state index in [0.717, 1.165) is 22.6 Å². The van der Waals surface area contributed by atoms with Gasteiger partial charge in [-0.25, -0.2) is 4.79 Å². The number of ether oxygens (including phenoxy) is 2. The maximum absolute atomic E-state index is 12.4. The number of likely N-dealkylation sites (N-methyl/N-ethyl adjacent to an activating group) is 1. The van der Waals surface area contributed by atoms with Crippen molar-refractivity contribution in [2.24, 2.45) is 5.92 Å². The zero-order valence-electron chi connectivity index (χ0n) is 18.1. The first-order chi connectivity index (χ1) is 13.9. The van der Waals surface area contributed by atoms with Crippen LogP contribution in [0.5, 0.6) is 11.5 Å². The molecule has 0 spiro atoms. The minimum atomic E-state index is -0.217. The zero-order chi connectivity index (χ0) is 21.2. The smallest absolute Gasteiger partial charge is 0.315 e. The van der Waals surface area contributed by atoms with E-state index >= 15 is 0 Å². The van der Waals surface area contributed by atoms with Gasteiger partial charge in [0.15, 0.2) is 0 Å². The molecule has 0 radical (unpaired) electrons. The second kappa shape index (κ2) is 11.3. The van der Waals surface area contributed by atoms with Crippen molar-refractivity contribution < 1.29 is 14.3 Å². The quantitative estimate of drug-likeness (QED) is 0.637. The van der Waals surface area contributed by atoms with Gasteiger partial charge < -0.3 is 25.0 Å². The maximum atomic E-state index is 12.4. The van der Waals surface area contributed by atoms with Gasteiger partial charge in [-0.3, -0.25) is 0 Å². The van der Waals surface area contributed by atoms with E-state index in [1.807, 2.05) is 62.6 Å². The molecule has 0 heterocycles. The highest BCUT2D eigenvalue weighted by atomic mass is 16.5. The molecule has 0 saturated heterocycles. The van der Waals surface area contributed by atoms with Gasteiger partial charge in [-0.05, 0) is 32.1 Å². The molecule has 0 aromatic heterocycles. The molecule has 0 aliphatic rings. The fraction of sp³-hybridized carbons (Fsp3) is 0.435. The summed E-state index contributed by atoms with van der Waals surface area (Å²) in [6, 6.07) is 15.4. The molecule has 2 rings (SSSR count). The van der Waals surface area contributed by atoms with Crippen LogP contribution < -0.4 is 20.1 Å². The lowest BCUT2D eigenvalue weighted by Gasteiger charge is -2.26. The topological polar surface area (TPSA) is 62.8 Å². The Kier molecular flexibility index (Phi) is 8.80. The number of nitrogens with one attached hydrogen (secondary N) is 2. The predicted molar refractivity (Wildman–Crippen MR) is 116 cm³/mol. The number of carbonyl (C=O) groups excluding carboxylic acids is 1. The summed E-state index contributed by atoms with van der Waals surface area (Å²) in [7, 11) is 5.63. The molecule has 29 heavy (non-hydrogen) atoms. The SMILES string of the molecule is COc1ccccc1C(CNC(=O)NCc1ccccc1OCC(C)C)N(C)C. The summed E-state index contributed by atoms with van der Waals surface area (Å²) in [5.74, 6) is 2.06. The van der Waals surface area contributed by atoms with Crippen LogP contribution >= 0.6 is 0 Å². The van der Waals surface area contributed by atoms with Crippen LogP contribution in [0.2, 0.25) is 0 Å². The Bertz CT molecular complexity index is 777. The van der Waals surface area contributed by atoms with Gasteiger partial charge in [-0.1, -0.05) is 50.2 Å². The van der Waals surface area contributed by atoms with Gasteiger partial charge in [0.1, 0.15) is 11.5 Å². The molecule has 2 aromatic carbocycles. The van der Waals surface area contributed by atoms with Crippen molar-refractivity contribution in [1.29, 1.82) is 0 Å². The lowest BCUT2D eigenvalue weighted by atomic mass is 10.0. The standard InChI is InChI=1S/C23H33N3O3/c1-17(2)16-29-21-12-8-6-10-18(21)14-24-23(27)25-15-20(26(3)4)19-11-7-9-13-22(19)28-5/h6-13,17,20H,14-16H2,1-5H3,(H2,24,25,27). The molecule has 2 N–H and O–H groups in total. The van der Waals surface area contributed by atoms with Crippen molar-refractivity contribution in [3.63, 3.8) is 0 Å². The maximum Gasteiger partial charge on any atom is 0.315 e. The van der Waals surface area contributed by atoms with Gasteiger partial charge in [0.25, 0.3) is 0 Å². The summed E-state index contributed by atoms with van der Waals surface area (Å²) < 4.78 is 11.3. The van der Waals surface area contributed by atoms with Crippen molar-refractivity contribution >= 4 is 6.03 Å². The number of urea groups is 1. The van der Waals surface area contributed by atoms with E-state index in [2.05, 4.69) is 29.4 Å². The van der Waals surface area contributed by atoms with E-state index in [4.69, 9.17) is 9.47 Å². The largest absolute Gasteiger partial charge is 0.496 e. The number of para-hydroxylation sites is 2. The molecule has 0 aliphatic carbocycles. The van der Waals surface area contributed by atoms with E-state index in [9.17, 15) is 4.79 Å². The van der Waals surface area contributed by atoms with Crippen molar-refractivity contribution in [3.05, 3.63) is 59.7 Å². The number of benzene rings is 2. The van der Waals surface area contributed by atoms with Crippen LogP contribution in [0.3, 0.4) is 0 Å². The van der Waals surface area contributed by atoms with Gasteiger partial charge in [0, 0.05) is 24.2 Å². The second-order valence-corrected chi connectivity index (χ2v) is 7.60. The number of methoxy groups -OCH3 is 1. The zero-order valence-corrected chi connectivity index (χ0v) is 18.1. The van der Waals surface area contributed by atoms with Crippen LogP contribution in [-0.2, 0) is 6.54 Å². The molecule has 6 nitrogen and oxygen atoms in total. The number of carbonyl (C=O) groups is 1. The fourth-order valence-electron chi connectivity index (χ4n) is 2.99. The Labute approximate surface area is 174 Å². The number of rotatable bonds is 10. The van der Waals surface area contributed by atoms with Crippen molar-refractivity contribution in [1.82, 2.24) is 15.5 Å². The molecule has 1 atom stereocenters. The van der Waals surface area contributed by atoms with Crippen LogP contribution in [-0.4, -0.2) is 45.3 Å². The highest BCUT2D eigenvalue weighted by Gasteiger charge is 2.19. The Morgan fingerprint density at radius 2 is 1.66 bits per heavy atom. The van der Waals surface area contributed by atoms with E-state index in [1.54, 1.807) is 7.11 Å². The number of hydrogen-bond acceptors (Lipinski definition) is 4. The fourth-order valence-corrected chi connectivity index (χ4v) is 2.99. The summed E-state index contributed by atoms with van der Waals surface area (Å²) in [6.45, 7) is 5.73. The summed E-state index contributed by atoms with van der Waals surface area (Å²) >= 11 is 0. The first-order valence-electron chi connectivity index (χ1n) is 9.94. The van der Waals surface area contributed by atoms with Crippen LogP contribution in [0.4, 0.5) is 4.79 Å². The third-order valence-electron chi connectivity index (χ3n) is 4.56. The van der Waals surface area contributed by atoms with Crippen LogP contribution in [0, 0.1) is 5.92 Å². The molecule has 0 bridgehead atoms. The Hall–Kier alpha value is -2.73. The molecule has 0 aliphatic heterocycles. The highest BCUT2D eigenvalue weighted by molar-refractivity contribution is 5.74. The molecular formula is C23H33N3O3. The van der Waals surface area contributed by atoms with E-state index in [-0.39, 0.29) is 12.1 Å². The molecule has 1 unspecified atom stereocenters.